The molecule has 5 nitrogen and oxygen atoms in total. The summed E-state index contributed by atoms with van der Waals surface area (Å²) >= 11 is 5.99. The van der Waals surface area contributed by atoms with E-state index in [2.05, 4.69) is 4.98 Å². The molecular weight excluding hydrogens is 424 g/mol. The summed E-state index contributed by atoms with van der Waals surface area (Å²) in [5, 5.41) is 0.702. The first-order valence-electron chi connectivity index (χ1n) is 10.4. The molecule has 1 heterocycles. The van der Waals surface area contributed by atoms with Crippen molar-refractivity contribution in [2.45, 2.75) is 20.5 Å². The Balaban J connectivity index is 1.41. The summed E-state index contributed by atoms with van der Waals surface area (Å²) in [6.45, 7) is 4.56. The first kappa shape index (κ1) is 21.7. The minimum absolute atomic E-state index is 0.317. The minimum Gasteiger partial charge on any atom is -0.489 e. The molecule has 4 aromatic rings. The van der Waals surface area contributed by atoms with Crippen LogP contribution in [0, 0.1) is 6.92 Å². The number of carbonyl (C=O) groups excluding carboxylic acids is 1. The number of nitrogens with one attached hydrogen (secondary N) is 1. The molecule has 0 radical (unpaired) electrons. The van der Waals surface area contributed by atoms with E-state index in [-0.39, 0.29) is 5.97 Å². The van der Waals surface area contributed by atoms with Gasteiger partial charge in [0.2, 0.25) is 0 Å². The number of carbonyl (C=O) groups is 1. The Bertz CT molecular complexity index is 1200. The number of hydrogen-bond acceptors (Lipinski definition) is 4. The highest BCUT2D eigenvalue weighted by Crippen LogP contribution is 2.27. The molecule has 0 aliphatic rings. The van der Waals surface area contributed by atoms with Crippen LogP contribution < -0.4 is 4.74 Å². The molecule has 0 fully saturated rings. The van der Waals surface area contributed by atoms with Gasteiger partial charge in [-0.05, 0) is 67.9 Å². The van der Waals surface area contributed by atoms with Crippen LogP contribution in [0.2, 0.25) is 5.02 Å². The van der Waals surface area contributed by atoms with E-state index < -0.39 is 0 Å². The molecule has 0 atom stereocenters. The fourth-order valence-corrected chi connectivity index (χ4v) is 3.44. The summed E-state index contributed by atoms with van der Waals surface area (Å²) in [4.78, 5) is 19.8. The molecule has 6 heteroatoms. The zero-order valence-electron chi connectivity index (χ0n) is 17.9. The second kappa shape index (κ2) is 9.71. The second-order valence-electron chi connectivity index (χ2n) is 7.30. The lowest BCUT2D eigenvalue weighted by Gasteiger charge is -2.08. The Kier molecular flexibility index (Phi) is 6.57. The zero-order chi connectivity index (χ0) is 22.5. The van der Waals surface area contributed by atoms with E-state index in [9.17, 15) is 4.79 Å². The molecule has 3 aromatic carbocycles. The van der Waals surface area contributed by atoms with E-state index >= 15 is 0 Å². The van der Waals surface area contributed by atoms with E-state index in [4.69, 9.17) is 26.1 Å². The predicted octanol–water partition coefficient (Wildman–Crippen LogP) is 6.46. The standard InChI is InChI=1S/C26H23ClN2O3/c1-3-31-26(30)21-6-4-18(5-7-21)16-32-23-14-10-20(11-15-23)25-28-17(2)24(29-25)19-8-12-22(27)13-9-19/h4-15H,3,16H2,1-2H3,(H,28,29). The molecule has 1 N–H and O–H groups in total. The molecule has 0 aliphatic heterocycles. The zero-order valence-corrected chi connectivity index (χ0v) is 18.6. The minimum atomic E-state index is -0.317. The van der Waals surface area contributed by atoms with Gasteiger partial charge in [-0.2, -0.15) is 0 Å². The molecule has 0 saturated heterocycles. The lowest BCUT2D eigenvalue weighted by atomic mass is 10.1. The third kappa shape index (κ3) is 5.01. The summed E-state index contributed by atoms with van der Waals surface area (Å²) in [7, 11) is 0. The van der Waals surface area contributed by atoms with E-state index in [1.807, 2.05) is 67.6 Å². The van der Waals surface area contributed by atoms with Crippen molar-refractivity contribution in [3.05, 3.63) is 94.6 Å². The average Bonchev–Trinajstić information content (AvgIpc) is 3.20. The maximum absolute atomic E-state index is 11.7. The van der Waals surface area contributed by atoms with Crippen molar-refractivity contribution in [3.63, 3.8) is 0 Å². The van der Waals surface area contributed by atoms with Crippen molar-refractivity contribution in [1.82, 2.24) is 9.97 Å². The number of aromatic amines is 1. The van der Waals surface area contributed by atoms with E-state index in [1.165, 1.54) is 0 Å². The molecular formula is C26H23ClN2O3. The second-order valence-corrected chi connectivity index (χ2v) is 7.73. The number of halogens is 1. The predicted molar refractivity (Wildman–Crippen MR) is 126 cm³/mol. The Labute approximate surface area is 192 Å². The van der Waals surface area contributed by atoms with Gasteiger partial charge in [0.15, 0.2) is 0 Å². The van der Waals surface area contributed by atoms with Crippen LogP contribution in [0.1, 0.15) is 28.5 Å². The first-order chi connectivity index (χ1) is 15.5. The number of H-pyrrole nitrogens is 1. The molecule has 0 saturated carbocycles. The maximum atomic E-state index is 11.7. The lowest BCUT2D eigenvalue weighted by Crippen LogP contribution is -2.04. The highest BCUT2D eigenvalue weighted by molar-refractivity contribution is 6.30. The van der Waals surface area contributed by atoms with Gasteiger partial charge < -0.3 is 14.5 Å². The molecule has 32 heavy (non-hydrogen) atoms. The Hall–Kier alpha value is -3.57. The van der Waals surface area contributed by atoms with Crippen LogP contribution in [0.3, 0.4) is 0 Å². The van der Waals surface area contributed by atoms with E-state index in [0.717, 1.165) is 39.7 Å². The SMILES string of the molecule is CCOC(=O)c1ccc(COc2ccc(-c3nc(-c4ccc(Cl)cc4)c(C)[nH]3)cc2)cc1. The van der Waals surface area contributed by atoms with Crippen LogP contribution in [-0.4, -0.2) is 22.5 Å². The van der Waals surface area contributed by atoms with E-state index in [0.29, 0.717) is 23.8 Å². The summed E-state index contributed by atoms with van der Waals surface area (Å²) in [6, 6.07) is 22.7. The van der Waals surface area contributed by atoms with Gasteiger partial charge in [0.1, 0.15) is 18.2 Å². The third-order valence-electron chi connectivity index (χ3n) is 5.00. The van der Waals surface area contributed by atoms with Gasteiger partial charge in [-0.3, -0.25) is 0 Å². The smallest absolute Gasteiger partial charge is 0.338 e. The summed E-state index contributed by atoms with van der Waals surface area (Å²) in [6.07, 6.45) is 0. The van der Waals surface area contributed by atoms with Crippen LogP contribution in [0.15, 0.2) is 72.8 Å². The quantitative estimate of drug-likeness (QED) is 0.331. The number of imidazole rings is 1. The molecule has 0 bridgehead atoms. The molecule has 1 aromatic heterocycles. The summed E-state index contributed by atoms with van der Waals surface area (Å²) in [5.74, 6) is 1.24. The summed E-state index contributed by atoms with van der Waals surface area (Å²) < 4.78 is 10.9. The molecule has 162 valence electrons. The maximum Gasteiger partial charge on any atom is 0.338 e. The van der Waals surface area contributed by atoms with Gasteiger partial charge in [-0.25, -0.2) is 9.78 Å². The Morgan fingerprint density at radius 1 is 0.938 bits per heavy atom. The van der Waals surface area contributed by atoms with Crippen molar-refractivity contribution >= 4 is 17.6 Å². The van der Waals surface area contributed by atoms with Crippen LogP contribution >= 0.6 is 11.6 Å². The first-order valence-corrected chi connectivity index (χ1v) is 10.7. The van der Waals surface area contributed by atoms with Gasteiger partial charge in [0, 0.05) is 21.8 Å². The van der Waals surface area contributed by atoms with Crippen molar-refractivity contribution < 1.29 is 14.3 Å². The molecule has 0 aliphatic carbocycles. The molecule has 4 rings (SSSR count). The number of ether oxygens (including phenoxy) is 2. The summed E-state index contributed by atoms with van der Waals surface area (Å²) in [5.41, 5.74) is 5.39. The van der Waals surface area contributed by atoms with Crippen LogP contribution in [0.5, 0.6) is 5.75 Å². The Morgan fingerprint density at radius 2 is 1.59 bits per heavy atom. The van der Waals surface area contributed by atoms with Crippen LogP contribution in [0.25, 0.3) is 22.6 Å². The third-order valence-corrected chi connectivity index (χ3v) is 5.25. The number of rotatable bonds is 7. The molecule has 0 unspecified atom stereocenters. The lowest BCUT2D eigenvalue weighted by molar-refractivity contribution is 0.0526. The van der Waals surface area contributed by atoms with Crippen molar-refractivity contribution in [2.75, 3.05) is 6.61 Å². The van der Waals surface area contributed by atoms with Crippen molar-refractivity contribution in [3.8, 4) is 28.4 Å². The number of benzene rings is 3. The number of aryl methyl sites for hydroxylation is 1. The molecule has 0 spiro atoms. The number of esters is 1. The van der Waals surface area contributed by atoms with Crippen LogP contribution in [0.4, 0.5) is 0 Å². The highest BCUT2D eigenvalue weighted by Gasteiger charge is 2.11. The topological polar surface area (TPSA) is 64.2 Å². The average molecular weight is 447 g/mol. The monoisotopic (exact) mass is 446 g/mol. The van der Waals surface area contributed by atoms with Gasteiger partial charge in [0.25, 0.3) is 0 Å². The van der Waals surface area contributed by atoms with Crippen LogP contribution in [-0.2, 0) is 11.3 Å². The number of nitrogens with zero attached hydrogens (tertiary/aromatic N) is 1. The van der Waals surface area contributed by atoms with Gasteiger partial charge in [-0.1, -0.05) is 35.9 Å². The van der Waals surface area contributed by atoms with Gasteiger partial charge >= 0.3 is 5.97 Å². The normalized spacial score (nSPS) is 10.7. The highest BCUT2D eigenvalue weighted by atomic mass is 35.5. The van der Waals surface area contributed by atoms with Gasteiger partial charge in [0.05, 0.1) is 17.9 Å². The van der Waals surface area contributed by atoms with Crippen molar-refractivity contribution in [2.24, 2.45) is 0 Å². The number of hydrogen-bond donors (Lipinski definition) is 1. The fourth-order valence-electron chi connectivity index (χ4n) is 3.31. The number of aromatic nitrogens is 2. The molecule has 0 amide bonds. The fraction of sp³-hybridized carbons (Fsp3) is 0.154. The Morgan fingerprint density at radius 3 is 2.25 bits per heavy atom. The van der Waals surface area contributed by atoms with E-state index in [1.54, 1.807) is 19.1 Å². The van der Waals surface area contributed by atoms with Crippen molar-refractivity contribution in [1.29, 1.82) is 0 Å². The van der Waals surface area contributed by atoms with Gasteiger partial charge in [-0.15, -0.1) is 0 Å². The largest absolute Gasteiger partial charge is 0.489 e.